The third kappa shape index (κ3) is 22.6. The van der Waals surface area contributed by atoms with Crippen LogP contribution in [-0.2, 0) is 68.1 Å². The topological polar surface area (TPSA) is 147 Å². The number of benzene rings is 6. The lowest BCUT2D eigenvalue weighted by atomic mass is 9.48. The van der Waals surface area contributed by atoms with Crippen LogP contribution in [0.5, 0.6) is 5.75 Å². The Morgan fingerprint density at radius 3 is 1.73 bits per heavy atom. The Bertz CT molecular complexity index is 5500. The Kier molecular flexibility index (Phi) is 34.2. The standard InChI is InChI=1S/C21H28N2OS.C21H29NO.2C21H33NO.C20H29N.C19H25Cl2N3O3/c1-22(18-8-2-3-9-19(18)23-12-4-5-13-23)21(24)15-16-7-6-10-20-17(16)11-14-25-20;1-5-21-10-11-22(13-15-7-8-15)19(20(21,3)4)18(23)16-9-6-14(2)12-17(16)21;1-7-21-10-11-22(14-19(2,3)4)18(20(21,5)6)12-15-8-9-16(23)13-17(15)21;1-7-21-10-11-22(14-19(3,4)23)18(20(21,5)6)13-16-9-8-15(2)12-17(16)21;1-14(2)8-10-21-11-9-20(5)16(4)19(21)13-17-7-6-15(3)12-18(17)20;1-27-19(26)23-8-9-24(15(13-23)12-22-6-2-3-7-22)18(25)11-14-4-5-16(20)17(21)10-14/h6-7,10-11,14,18-19H,2-5,8-9,12-13,15H2,1H3;6,9,12,15,19H,5,7-8,10-11,13H2,1-4H3;8-9,13,18,23H,7,10-12,14H2,1-6H3;8-9,12,18,23H,7,10-11,13-14H2,1-6H3;6-8,12,16,19H,9-11,13H2,1-5H3;4-5,10,15H,2-3,6-9,11-13H2,1H3. The van der Waals surface area contributed by atoms with E-state index < -0.39 is 5.60 Å². The fourth-order valence-corrected chi connectivity index (χ4v) is 30.6. The van der Waals surface area contributed by atoms with Gasteiger partial charge in [0.15, 0.2) is 5.78 Å². The number of phenolic OH excluding ortho intramolecular Hbond substituents is 1. The van der Waals surface area contributed by atoms with Gasteiger partial charge in [0.1, 0.15) is 5.75 Å². The Hall–Kier alpha value is -7.00. The number of hydrogen-bond donors (Lipinski definition) is 2. The number of ether oxygens (including phenoxy) is 1. The van der Waals surface area contributed by atoms with Gasteiger partial charge >= 0.3 is 6.09 Å². The molecule has 6 aromatic carbocycles. The number of fused-ring (bicyclic) bond motifs is 17. The van der Waals surface area contributed by atoms with Crippen molar-refractivity contribution in [1.82, 2.24) is 44.1 Å². The van der Waals surface area contributed by atoms with E-state index in [1.165, 1.54) is 190 Å². The second kappa shape index (κ2) is 44.4. The maximum atomic E-state index is 13.4. The van der Waals surface area contributed by atoms with Crippen LogP contribution in [-0.4, -0.2) is 245 Å². The zero-order chi connectivity index (χ0) is 102. The molecule has 142 heavy (non-hydrogen) atoms. The number of aryl methyl sites for hydroxylation is 3. The minimum atomic E-state index is -0.629. The van der Waals surface area contributed by atoms with Gasteiger partial charge in [0, 0.05) is 116 Å². The van der Waals surface area contributed by atoms with E-state index in [0.29, 0.717) is 88.7 Å². The number of ketones is 1. The summed E-state index contributed by atoms with van der Waals surface area (Å²) in [6, 6.07) is 43.3. The first kappa shape index (κ1) is 109. The van der Waals surface area contributed by atoms with Crippen LogP contribution in [0.3, 0.4) is 0 Å². The molecule has 2 saturated carbocycles. The number of halogens is 2. The molecule has 13 aliphatic rings. The molecular formula is C123H177Cl2N9O7S. The number of aliphatic hydroxyl groups is 1. The number of Topliss-reactive ketones (excluding diaryl/α,β-unsaturated/α-hetero) is 1. The number of likely N-dealkylation sites (N-methyl/N-ethyl adjacent to an activating group) is 1. The minimum Gasteiger partial charge on any atom is -0.508 e. The van der Waals surface area contributed by atoms with Gasteiger partial charge in [-0.2, -0.15) is 0 Å². The number of amides is 3. The average molecular weight is 2000 g/mol. The van der Waals surface area contributed by atoms with Gasteiger partial charge in [-0.05, 0) is 353 Å². The molecule has 776 valence electrons. The van der Waals surface area contributed by atoms with Crippen molar-refractivity contribution in [3.8, 4) is 5.75 Å². The largest absolute Gasteiger partial charge is 0.508 e. The lowest BCUT2D eigenvalue weighted by molar-refractivity contribution is -0.135. The minimum absolute atomic E-state index is 0.00671. The third-order valence-corrected chi connectivity index (χ3v) is 39.5. The number of phenols is 1. The Morgan fingerprint density at radius 2 is 1.13 bits per heavy atom. The summed E-state index contributed by atoms with van der Waals surface area (Å²) >= 11 is 13.8. The predicted molar refractivity (Wildman–Crippen MR) is 589 cm³/mol. The molecular weight excluding hydrogens is 1820 g/mol. The summed E-state index contributed by atoms with van der Waals surface area (Å²) in [4.78, 5) is 72.6. The van der Waals surface area contributed by atoms with E-state index in [2.05, 4.69) is 268 Å². The Balaban J connectivity index is 0.000000129. The number of hydrogen-bond acceptors (Lipinski definition) is 14. The second-order valence-corrected chi connectivity index (χ2v) is 51.3. The van der Waals surface area contributed by atoms with E-state index in [1.807, 2.05) is 37.9 Å². The van der Waals surface area contributed by atoms with Gasteiger partial charge in [0.05, 0.1) is 47.7 Å². The summed E-state index contributed by atoms with van der Waals surface area (Å²) in [5, 5.41) is 24.7. The number of piperidine rings is 4. The molecule has 6 aliphatic carbocycles. The van der Waals surface area contributed by atoms with Crippen LogP contribution >= 0.6 is 34.5 Å². The molecule has 0 spiro atoms. The molecule has 12 unspecified atom stereocenters. The van der Waals surface area contributed by atoms with Crippen LogP contribution in [0, 0.1) is 54.3 Å². The van der Waals surface area contributed by atoms with E-state index in [-0.39, 0.29) is 68.9 Å². The molecule has 8 heterocycles. The fourth-order valence-electron chi connectivity index (χ4n) is 29.4. The first-order chi connectivity index (χ1) is 67.2. The van der Waals surface area contributed by atoms with Crippen molar-refractivity contribution in [3.05, 3.63) is 215 Å². The number of likely N-dealkylation sites (tertiary alicyclic amines) is 6. The number of piperazine rings is 1. The predicted octanol–water partition coefficient (Wildman–Crippen LogP) is 24.9. The van der Waals surface area contributed by atoms with Gasteiger partial charge in [-0.1, -0.05) is 240 Å². The van der Waals surface area contributed by atoms with Gasteiger partial charge in [0.2, 0.25) is 11.8 Å². The molecule has 7 saturated heterocycles. The van der Waals surface area contributed by atoms with Crippen molar-refractivity contribution in [3.63, 3.8) is 0 Å². The van der Waals surface area contributed by atoms with Crippen molar-refractivity contribution in [2.24, 2.45) is 33.5 Å². The number of β-amino-alcohol motifs (C(OH)–C–C–N with tert-alkyl or cyclic N) is 1. The molecule has 3 amide bonds. The van der Waals surface area contributed by atoms with Crippen LogP contribution < -0.4 is 0 Å². The van der Waals surface area contributed by atoms with E-state index in [4.69, 9.17) is 27.9 Å². The average Bonchev–Trinajstić information content (AvgIpc) is 0.813. The zero-order valence-electron chi connectivity index (χ0n) is 91.3. The second-order valence-electron chi connectivity index (χ2n) is 49.6. The van der Waals surface area contributed by atoms with Crippen LogP contribution in [0.1, 0.15) is 311 Å². The molecule has 7 aliphatic heterocycles. The first-order valence-corrected chi connectivity index (χ1v) is 56.6. The molecule has 7 aromatic rings. The Labute approximate surface area is 869 Å². The summed E-state index contributed by atoms with van der Waals surface area (Å²) in [6.45, 7) is 64.0. The van der Waals surface area contributed by atoms with E-state index >= 15 is 0 Å². The Morgan fingerprint density at radius 1 is 0.570 bits per heavy atom. The summed E-state index contributed by atoms with van der Waals surface area (Å²) in [6.07, 6.45) is 27.3. The lowest BCUT2D eigenvalue weighted by Gasteiger charge is -2.62. The number of allylic oxidation sites excluding steroid dienone is 1. The van der Waals surface area contributed by atoms with E-state index in [0.717, 1.165) is 114 Å². The number of methoxy groups -OCH3 is 1. The number of carbonyl (C=O) groups excluding carboxylic acids is 4. The molecule has 1 aromatic heterocycles. The molecule has 19 heteroatoms. The van der Waals surface area contributed by atoms with Crippen LogP contribution in [0.2, 0.25) is 10.0 Å². The quantitative estimate of drug-likeness (QED) is 0.0787. The molecule has 2 N–H and O–H groups in total. The van der Waals surface area contributed by atoms with Crippen molar-refractivity contribution < 1.29 is 34.1 Å². The summed E-state index contributed by atoms with van der Waals surface area (Å²) in [7, 11) is 3.43. The normalized spacial score (nSPS) is 28.0. The lowest BCUT2D eigenvalue weighted by Crippen LogP contribution is -2.67. The monoisotopic (exact) mass is 1990 g/mol. The van der Waals surface area contributed by atoms with Gasteiger partial charge in [0.25, 0.3) is 0 Å². The summed E-state index contributed by atoms with van der Waals surface area (Å²) < 4.78 is 6.14. The molecule has 20 rings (SSSR count). The molecule has 16 nitrogen and oxygen atoms in total. The number of rotatable bonds is 18. The summed E-state index contributed by atoms with van der Waals surface area (Å²) in [5.41, 5.74) is 20.2. The van der Waals surface area contributed by atoms with Crippen LogP contribution in [0.4, 0.5) is 4.79 Å². The number of aromatic hydroxyl groups is 1. The van der Waals surface area contributed by atoms with E-state index in [1.54, 1.807) is 45.1 Å². The number of nitrogens with zero attached hydrogens (tertiary/aromatic N) is 9. The van der Waals surface area contributed by atoms with Crippen LogP contribution in [0.25, 0.3) is 10.1 Å². The molecule has 0 radical (unpaired) electrons. The smallest absolute Gasteiger partial charge is 0.409 e. The number of carbonyl (C=O) groups is 4. The zero-order valence-corrected chi connectivity index (χ0v) is 93.6. The highest BCUT2D eigenvalue weighted by molar-refractivity contribution is 7.17. The first-order valence-electron chi connectivity index (χ1n) is 55.0. The molecule has 8 bridgehead atoms. The number of thiophene rings is 1. The fraction of sp³-hybridized carbons (Fsp3) is 0.642. The van der Waals surface area contributed by atoms with E-state index in [9.17, 15) is 29.4 Å². The maximum Gasteiger partial charge on any atom is 0.409 e. The van der Waals surface area contributed by atoms with Gasteiger partial charge in [-0.25, -0.2) is 4.79 Å². The van der Waals surface area contributed by atoms with Crippen molar-refractivity contribution >= 4 is 68.3 Å². The third-order valence-electron chi connectivity index (χ3n) is 37.8. The molecule has 12 atom stereocenters. The summed E-state index contributed by atoms with van der Waals surface area (Å²) in [5.74, 6) is 2.69. The highest BCUT2D eigenvalue weighted by Crippen LogP contribution is 2.62. The van der Waals surface area contributed by atoms with Crippen molar-refractivity contribution in [2.45, 2.75) is 356 Å². The van der Waals surface area contributed by atoms with Crippen molar-refractivity contribution in [2.75, 3.05) is 119 Å². The van der Waals surface area contributed by atoms with Gasteiger partial charge in [-0.15, -0.1) is 11.3 Å². The highest BCUT2D eigenvalue weighted by Gasteiger charge is 2.63. The highest BCUT2D eigenvalue weighted by atomic mass is 35.5. The van der Waals surface area contributed by atoms with Gasteiger partial charge < -0.3 is 34.5 Å². The maximum absolute atomic E-state index is 13.4. The van der Waals surface area contributed by atoms with Gasteiger partial charge in [-0.3, -0.25) is 38.9 Å². The molecule has 9 fully saturated rings. The van der Waals surface area contributed by atoms with Crippen molar-refractivity contribution in [1.29, 1.82) is 0 Å². The SMILES string of the molecule is CC(C)=CCN1CCC2(C)c3cc(C)ccc3CC1C2C.CCC12CCN(CC(C)(C)C)C(Cc3ccc(O)cc31)C2(C)C.CCC12CCN(CC(C)(C)O)C(Cc3ccc(C)cc31)C2(C)C.CCC12CCN(CC3CC3)C(C(=O)c3ccc(C)cc31)C2(C)C.CN(C(=O)Cc1cccc2sccc12)C1CCCCC1N1CCCC1.COC(=O)N1CCN(C(=O)Cc2ccc(Cl)c(Cl)c2)C(CN2CCCC2)C1. The van der Waals surface area contributed by atoms with Crippen LogP contribution in [0.15, 0.2) is 132 Å².